The number of carbonyl (C=O) groups is 4. The van der Waals surface area contributed by atoms with Gasteiger partial charge in [-0.3, -0.25) is 37.3 Å². The monoisotopic (exact) mass is 1310 g/mol. The van der Waals surface area contributed by atoms with Crippen molar-refractivity contribution >= 4 is 39.5 Å². The van der Waals surface area contributed by atoms with Gasteiger partial charge in [0.25, 0.3) is 0 Å². The van der Waals surface area contributed by atoms with E-state index in [0.29, 0.717) is 31.6 Å². The van der Waals surface area contributed by atoms with E-state index in [1.807, 2.05) is 0 Å². The van der Waals surface area contributed by atoms with Crippen molar-refractivity contribution in [2.24, 2.45) is 11.8 Å². The minimum atomic E-state index is -4.95. The molecule has 0 aliphatic heterocycles. The average Bonchev–Trinajstić information content (AvgIpc) is 3.68. The quantitative estimate of drug-likeness (QED) is 0.0222. The molecule has 528 valence electrons. The van der Waals surface area contributed by atoms with E-state index in [-0.39, 0.29) is 25.7 Å². The number of hydrogen-bond acceptors (Lipinski definition) is 15. The summed E-state index contributed by atoms with van der Waals surface area (Å²) in [5, 5.41) is 10.6. The Labute approximate surface area is 543 Å². The molecule has 89 heavy (non-hydrogen) atoms. The van der Waals surface area contributed by atoms with Crippen LogP contribution < -0.4 is 0 Å². The van der Waals surface area contributed by atoms with Crippen molar-refractivity contribution in [1.82, 2.24) is 0 Å². The van der Waals surface area contributed by atoms with Crippen molar-refractivity contribution in [3.8, 4) is 0 Å². The number of phosphoric ester groups is 2. The van der Waals surface area contributed by atoms with Crippen LogP contribution in [0, 0.1) is 11.8 Å². The van der Waals surface area contributed by atoms with E-state index < -0.39 is 97.5 Å². The first-order valence-corrected chi connectivity index (χ1v) is 39.5. The van der Waals surface area contributed by atoms with Gasteiger partial charge in [-0.1, -0.05) is 305 Å². The molecule has 0 bridgehead atoms. The van der Waals surface area contributed by atoms with Crippen LogP contribution in [0.2, 0.25) is 0 Å². The van der Waals surface area contributed by atoms with E-state index in [2.05, 4.69) is 41.5 Å². The summed E-state index contributed by atoms with van der Waals surface area (Å²) in [6, 6.07) is 0. The molecule has 0 aromatic heterocycles. The largest absolute Gasteiger partial charge is 0.472 e. The smallest absolute Gasteiger partial charge is 0.462 e. The molecule has 0 aliphatic carbocycles. The maximum Gasteiger partial charge on any atom is 0.472 e. The van der Waals surface area contributed by atoms with E-state index in [0.717, 1.165) is 109 Å². The normalized spacial score (nSPS) is 14.1. The summed E-state index contributed by atoms with van der Waals surface area (Å²) < 4.78 is 68.1. The molecule has 19 heteroatoms. The van der Waals surface area contributed by atoms with E-state index in [1.165, 1.54) is 161 Å². The van der Waals surface area contributed by atoms with E-state index in [4.69, 9.17) is 37.0 Å². The molecule has 2 unspecified atom stereocenters. The number of aliphatic hydroxyl groups is 1. The molecule has 0 spiro atoms. The van der Waals surface area contributed by atoms with Gasteiger partial charge in [0, 0.05) is 25.7 Å². The zero-order valence-corrected chi connectivity index (χ0v) is 59.5. The molecule has 0 saturated heterocycles. The number of rotatable bonds is 69. The topological polar surface area (TPSA) is 237 Å². The molecule has 0 saturated carbocycles. The van der Waals surface area contributed by atoms with Gasteiger partial charge in [-0.2, -0.15) is 0 Å². The lowest BCUT2D eigenvalue weighted by molar-refractivity contribution is -0.161. The standard InChI is InChI=1S/C70H136O17P2/c1-7-9-11-13-15-16-17-18-23-26-29-35-41-47-53-68(73)81-59-66(86-69(74)54-48-42-36-30-27-24-21-19-20-22-25-28-33-38-44-50-62(3)4)61-85-89(78,79)83-57-64(71)56-82-88(76,77)84-60-65(58-80-67(72)52-46-40-32-14-12-10-8-2)87-70(75)55-49-43-37-31-34-39-45-51-63(5)6/h62-66,71H,7-61H2,1-6H3,(H,76,77)(H,78,79)/t64-,65+,66+/m0/s1. The Bertz CT molecular complexity index is 1730. The molecule has 0 radical (unpaired) electrons. The third kappa shape index (κ3) is 64.6. The summed E-state index contributed by atoms with van der Waals surface area (Å²) >= 11 is 0. The molecule has 0 rings (SSSR count). The minimum Gasteiger partial charge on any atom is -0.462 e. The molecule has 5 atom stereocenters. The number of esters is 4. The number of ether oxygens (including phenoxy) is 4. The van der Waals surface area contributed by atoms with Crippen molar-refractivity contribution in [2.45, 2.75) is 374 Å². The van der Waals surface area contributed by atoms with Gasteiger partial charge in [-0.25, -0.2) is 9.13 Å². The van der Waals surface area contributed by atoms with E-state index in [1.54, 1.807) is 0 Å². The van der Waals surface area contributed by atoms with Crippen LogP contribution in [0.1, 0.15) is 356 Å². The molecule has 3 N–H and O–H groups in total. The van der Waals surface area contributed by atoms with Gasteiger partial charge in [0.1, 0.15) is 19.3 Å². The highest BCUT2D eigenvalue weighted by atomic mass is 31.2. The van der Waals surface area contributed by atoms with Gasteiger partial charge < -0.3 is 33.8 Å². The van der Waals surface area contributed by atoms with Crippen LogP contribution in [0.5, 0.6) is 0 Å². The Balaban J connectivity index is 5.19. The van der Waals surface area contributed by atoms with Crippen LogP contribution in [0.3, 0.4) is 0 Å². The van der Waals surface area contributed by atoms with Gasteiger partial charge in [0.05, 0.1) is 26.4 Å². The van der Waals surface area contributed by atoms with Crippen LogP contribution in [-0.4, -0.2) is 96.7 Å². The molecular weight excluding hydrogens is 1170 g/mol. The summed E-state index contributed by atoms with van der Waals surface area (Å²) in [5.41, 5.74) is 0. The maximum absolute atomic E-state index is 13.0. The lowest BCUT2D eigenvalue weighted by Crippen LogP contribution is -2.30. The van der Waals surface area contributed by atoms with Gasteiger partial charge in [-0.05, 0) is 37.5 Å². The highest BCUT2D eigenvalue weighted by molar-refractivity contribution is 7.47. The number of carbonyl (C=O) groups excluding carboxylic acids is 4. The predicted octanol–water partition coefficient (Wildman–Crippen LogP) is 20.0. The fourth-order valence-corrected chi connectivity index (χ4v) is 12.2. The second-order valence-electron chi connectivity index (χ2n) is 26.2. The van der Waals surface area contributed by atoms with Crippen molar-refractivity contribution in [3.05, 3.63) is 0 Å². The fourth-order valence-electron chi connectivity index (χ4n) is 10.6. The fraction of sp³-hybridized carbons (Fsp3) is 0.943. The Morgan fingerprint density at radius 3 is 0.764 bits per heavy atom. The van der Waals surface area contributed by atoms with Crippen LogP contribution in [0.25, 0.3) is 0 Å². The molecule has 0 aromatic carbocycles. The van der Waals surface area contributed by atoms with E-state index in [9.17, 15) is 43.2 Å². The maximum atomic E-state index is 13.0. The molecule has 17 nitrogen and oxygen atoms in total. The average molecular weight is 1310 g/mol. The summed E-state index contributed by atoms with van der Waals surface area (Å²) in [4.78, 5) is 72.4. The van der Waals surface area contributed by atoms with Crippen molar-refractivity contribution in [1.29, 1.82) is 0 Å². The summed E-state index contributed by atoms with van der Waals surface area (Å²) in [5.74, 6) is -0.631. The van der Waals surface area contributed by atoms with E-state index >= 15 is 0 Å². The van der Waals surface area contributed by atoms with Crippen molar-refractivity contribution in [3.63, 3.8) is 0 Å². The third-order valence-corrected chi connectivity index (χ3v) is 18.1. The summed E-state index contributed by atoms with van der Waals surface area (Å²) in [6.07, 6.45) is 47.4. The number of unbranched alkanes of at least 4 members (excludes halogenated alkanes) is 39. The zero-order chi connectivity index (χ0) is 65.7. The zero-order valence-electron chi connectivity index (χ0n) is 57.7. The molecule has 0 aliphatic rings. The lowest BCUT2D eigenvalue weighted by Gasteiger charge is -2.21. The molecule has 0 fully saturated rings. The number of phosphoric acid groups is 2. The van der Waals surface area contributed by atoms with Crippen molar-refractivity contribution < 1.29 is 80.2 Å². The number of hydrogen-bond donors (Lipinski definition) is 3. The van der Waals surface area contributed by atoms with Gasteiger partial charge in [0.15, 0.2) is 12.2 Å². The second-order valence-corrected chi connectivity index (χ2v) is 29.1. The molecule has 0 aromatic rings. The van der Waals surface area contributed by atoms with Crippen LogP contribution in [0.4, 0.5) is 0 Å². The van der Waals surface area contributed by atoms with Crippen molar-refractivity contribution in [2.75, 3.05) is 39.6 Å². The summed E-state index contributed by atoms with van der Waals surface area (Å²) in [6.45, 7) is 9.47. The molecular formula is C70H136O17P2. The molecule has 0 amide bonds. The van der Waals surface area contributed by atoms with Crippen LogP contribution in [-0.2, 0) is 65.4 Å². The second kappa shape index (κ2) is 62.2. The Morgan fingerprint density at radius 2 is 0.517 bits per heavy atom. The first-order chi connectivity index (χ1) is 42.9. The highest BCUT2D eigenvalue weighted by Gasteiger charge is 2.30. The third-order valence-electron chi connectivity index (χ3n) is 16.2. The number of aliphatic hydroxyl groups excluding tert-OH is 1. The van der Waals surface area contributed by atoms with Gasteiger partial charge in [0.2, 0.25) is 0 Å². The first kappa shape index (κ1) is 87.1. The van der Waals surface area contributed by atoms with Gasteiger partial charge >= 0.3 is 39.5 Å². The van der Waals surface area contributed by atoms with Gasteiger partial charge in [-0.15, -0.1) is 0 Å². The predicted molar refractivity (Wildman–Crippen MR) is 358 cm³/mol. The SMILES string of the molecule is CCCCCCCCCCCCCCCCC(=O)OC[C@H](COP(=O)(O)OC[C@@H](O)COP(=O)(O)OC[C@@H](COC(=O)CCCCCCCCC)OC(=O)CCCCCCCCCC(C)C)OC(=O)CCCCCCCCCCCCCCCCCC(C)C. The van der Waals surface area contributed by atoms with Crippen LogP contribution >= 0.6 is 15.6 Å². The Kier molecular flexibility index (Phi) is 60.8. The Hall–Kier alpha value is -1.94. The van der Waals surface area contributed by atoms with Crippen LogP contribution in [0.15, 0.2) is 0 Å². The summed E-state index contributed by atoms with van der Waals surface area (Å²) in [7, 11) is -9.89. The lowest BCUT2D eigenvalue weighted by atomic mass is 10.0. The minimum absolute atomic E-state index is 0.103. The first-order valence-electron chi connectivity index (χ1n) is 36.5. The Morgan fingerprint density at radius 1 is 0.303 bits per heavy atom. The highest BCUT2D eigenvalue weighted by Crippen LogP contribution is 2.45. The molecule has 0 heterocycles.